The molecule has 1 N–H and O–H groups in total. The lowest BCUT2D eigenvalue weighted by Gasteiger charge is -2.25. The van der Waals surface area contributed by atoms with Gasteiger partial charge in [-0.1, -0.05) is 6.07 Å². The van der Waals surface area contributed by atoms with Crippen molar-refractivity contribution < 1.29 is 14.6 Å². The van der Waals surface area contributed by atoms with Gasteiger partial charge in [-0.3, -0.25) is 0 Å². The van der Waals surface area contributed by atoms with Crippen LogP contribution in [0.5, 0.6) is 11.5 Å². The molecule has 0 amide bonds. The summed E-state index contributed by atoms with van der Waals surface area (Å²) in [7, 11) is 5.22. The molecule has 21 heavy (non-hydrogen) atoms. The lowest BCUT2D eigenvalue weighted by molar-refractivity contribution is 0.195. The molecule has 0 aliphatic rings. The predicted octanol–water partition coefficient (Wildman–Crippen LogP) is 3.53. The molecule has 112 valence electrons. The number of hydrogen-bond donors (Lipinski definition) is 1. The zero-order valence-electron chi connectivity index (χ0n) is 12.8. The molecule has 0 spiro atoms. The second-order valence-corrected chi connectivity index (χ2v) is 4.83. The highest BCUT2D eigenvalue weighted by Crippen LogP contribution is 2.37. The number of aliphatic hydroxyl groups excluding tert-OH is 1. The van der Waals surface area contributed by atoms with Crippen molar-refractivity contribution in [2.24, 2.45) is 0 Å². The van der Waals surface area contributed by atoms with Gasteiger partial charge in [-0.05, 0) is 43.3 Å². The maximum atomic E-state index is 10.1. The molecule has 1 atom stereocenters. The molecule has 2 rings (SSSR count). The Morgan fingerprint density at radius 1 is 1.00 bits per heavy atom. The van der Waals surface area contributed by atoms with Crippen LogP contribution in [0.25, 0.3) is 0 Å². The highest BCUT2D eigenvalue weighted by Gasteiger charge is 2.17. The summed E-state index contributed by atoms with van der Waals surface area (Å²) in [6.07, 6.45) is -0.614. The summed E-state index contributed by atoms with van der Waals surface area (Å²) in [6, 6.07) is 13.5. The Morgan fingerprint density at radius 2 is 1.67 bits per heavy atom. The summed E-state index contributed by atoms with van der Waals surface area (Å²) < 4.78 is 10.5. The van der Waals surface area contributed by atoms with Gasteiger partial charge in [0, 0.05) is 18.3 Å². The van der Waals surface area contributed by atoms with Crippen LogP contribution in [0, 0.1) is 0 Å². The Bertz CT molecular complexity index is 593. The van der Waals surface area contributed by atoms with Crippen molar-refractivity contribution in [1.29, 1.82) is 0 Å². The first-order chi connectivity index (χ1) is 10.1. The van der Waals surface area contributed by atoms with Crippen LogP contribution in [0.15, 0.2) is 42.5 Å². The van der Waals surface area contributed by atoms with E-state index in [1.165, 1.54) is 0 Å². The summed E-state index contributed by atoms with van der Waals surface area (Å²) in [5.74, 6) is 1.50. The van der Waals surface area contributed by atoms with E-state index in [1.54, 1.807) is 21.1 Å². The molecule has 0 radical (unpaired) electrons. The van der Waals surface area contributed by atoms with Crippen LogP contribution in [0.3, 0.4) is 0 Å². The van der Waals surface area contributed by atoms with E-state index in [0.717, 1.165) is 22.7 Å². The van der Waals surface area contributed by atoms with Gasteiger partial charge in [0.2, 0.25) is 0 Å². The van der Waals surface area contributed by atoms with Crippen molar-refractivity contribution in [2.75, 3.05) is 26.2 Å². The van der Waals surface area contributed by atoms with E-state index in [0.29, 0.717) is 5.75 Å². The Labute approximate surface area is 125 Å². The van der Waals surface area contributed by atoms with E-state index in [1.807, 2.05) is 54.4 Å². The summed E-state index contributed by atoms with van der Waals surface area (Å²) in [5, 5.41) is 10.1. The molecule has 0 saturated heterocycles. The molecule has 0 fully saturated rings. The lowest BCUT2D eigenvalue weighted by Crippen LogP contribution is -2.13. The van der Waals surface area contributed by atoms with Gasteiger partial charge in [0.05, 0.1) is 26.0 Å². The van der Waals surface area contributed by atoms with E-state index in [9.17, 15) is 5.11 Å². The average Bonchev–Trinajstić information content (AvgIpc) is 2.53. The molecular formula is C17H21NO3. The van der Waals surface area contributed by atoms with Gasteiger partial charge in [0.25, 0.3) is 0 Å². The van der Waals surface area contributed by atoms with Gasteiger partial charge in [0.1, 0.15) is 11.5 Å². The zero-order chi connectivity index (χ0) is 15.4. The molecule has 0 aliphatic carbocycles. The van der Waals surface area contributed by atoms with Crippen molar-refractivity contribution >= 4 is 11.4 Å². The number of ether oxygens (including phenoxy) is 2. The minimum absolute atomic E-state index is 0.614. The second-order valence-electron chi connectivity index (χ2n) is 4.83. The van der Waals surface area contributed by atoms with Crippen molar-refractivity contribution in [3.63, 3.8) is 0 Å². The number of hydrogen-bond acceptors (Lipinski definition) is 4. The average molecular weight is 287 g/mol. The van der Waals surface area contributed by atoms with Crippen LogP contribution >= 0.6 is 0 Å². The topological polar surface area (TPSA) is 41.9 Å². The third-order valence-electron chi connectivity index (χ3n) is 3.50. The standard InChI is InChI=1S/C17H21NO3/c1-12(19)17-15(6-5-7-16(17)21-4)18(2)13-8-10-14(20-3)11-9-13/h5-12,19H,1-4H3/t12-/m1/s1. The van der Waals surface area contributed by atoms with Crippen molar-refractivity contribution in [3.8, 4) is 11.5 Å². The fraction of sp³-hybridized carbons (Fsp3) is 0.294. The molecule has 0 aromatic heterocycles. The highest BCUT2D eigenvalue weighted by molar-refractivity contribution is 5.69. The number of methoxy groups -OCH3 is 2. The van der Waals surface area contributed by atoms with Gasteiger partial charge in [-0.2, -0.15) is 0 Å². The monoisotopic (exact) mass is 287 g/mol. The molecule has 0 saturated carbocycles. The fourth-order valence-corrected chi connectivity index (χ4v) is 2.37. The van der Waals surface area contributed by atoms with Gasteiger partial charge in [-0.15, -0.1) is 0 Å². The molecule has 0 unspecified atom stereocenters. The van der Waals surface area contributed by atoms with E-state index >= 15 is 0 Å². The van der Waals surface area contributed by atoms with Gasteiger partial charge < -0.3 is 19.5 Å². The van der Waals surface area contributed by atoms with Crippen LogP contribution in [0.2, 0.25) is 0 Å². The predicted molar refractivity (Wildman–Crippen MR) is 84.7 cm³/mol. The summed E-state index contributed by atoms with van der Waals surface area (Å²) in [6.45, 7) is 1.74. The Balaban J connectivity index is 2.44. The van der Waals surface area contributed by atoms with Crippen LogP contribution in [0.1, 0.15) is 18.6 Å². The number of nitrogens with zero attached hydrogens (tertiary/aromatic N) is 1. The van der Waals surface area contributed by atoms with Gasteiger partial charge in [0.15, 0.2) is 0 Å². The number of anilines is 2. The fourth-order valence-electron chi connectivity index (χ4n) is 2.37. The van der Waals surface area contributed by atoms with Crippen LogP contribution in [-0.2, 0) is 0 Å². The van der Waals surface area contributed by atoms with Crippen LogP contribution < -0.4 is 14.4 Å². The molecular weight excluding hydrogens is 266 g/mol. The molecule has 2 aromatic rings. The quantitative estimate of drug-likeness (QED) is 0.913. The smallest absolute Gasteiger partial charge is 0.126 e. The third kappa shape index (κ3) is 3.11. The lowest BCUT2D eigenvalue weighted by atomic mass is 10.1. The van der Waals surface area contributed by atoms with Crippen molar-refractivity contribution in [3.05, 3.63) is 48.0 Å². The van der Waals surface area contributed by atoms with Crippen molar-refractivity contribution in [1.82, 2.24) is 0 Å². The van der Waals surface area contributed by atoms with E-state index in [4.69, 9.17) is 9.47 Å². The van der Waals surface area contributed by atoms with E-state index in [-0.39, 0.29) is 0 Å². The molecule has 4 heteroatoms. The second kappa shape index (κ2) is 6.50. The van der Waals surface area contributed by atoms with E-state index in [2.05, 4.69) is 0 Å². The Kier molecular flexibility index (Phi) is 4.70. The first-order valence-electron chi connectivity index (χ1n) is 6.81. The first-order valence-corrected chi connectivity index (χ1v) is 6.81. The van der Waals surface area contributed by atoms with E-state index < -0.39 is 6.10 Å². The maximum absolute atomic E-state index is 10.1. The van der Waals surface area contributed by atoms with Gasteiger partial charge in [-0.25, -0.2) is 0 Å². The normalized spacial score (nSPS) is 11.9. The largest absolute Gasteiger partial charge is 0.497 e. The number of aliphatic hydroxyl groups is 1. The SMILES string of the molecule is COc1ccc(N(C)c2cccc(OC)c2[C@@H](C)O)cc1. The minimum Gasteiger partial charge on any atom is -0.497 e. The molecule has 0 heterocycles. The summed E-state index contributed by atoms with van der Waals surface area (Å²) in [4.78, 5) is 2.02. The summed E-state index contributed by atoms with van der Waals surface area (Å²) in [5.41, 5.74) is 2.69. The zero-order valence-corrected chi connectivity index (χ0v) is 12.8. The first kappa shape index (κ1) is 15.2. The summed E-state index contributed by atoms with van der Waals surface area (Å²) >= 11 is 0. The molecule has 2 aromatic carbocycles. The maximum Gasteiger partial charge on any atom is 0.126 e. The van der Waals surface area contributed by atoms with Gasteiger partial charge >= 0.3 is 0 Å². The Morgan fingerprint density at radius 3 is 2.19 bits per heavy atom. The van der Waals surface area contributed by atoms with Crippen LogP contribution in [0.4, 0.5) is 11.4 Å². The molecule has 0 aliphatic heterocycles. The number of rotatable bonds is 5. The minimum atomic E-state index is -0.614. The van der Waals surface area contributed by atoms with Crippen LogP contribution in [-0.4, -0.2) is 26.4 Å². The highest BCUT2D eigenvalue weighted by atomic mass is 16.5. The molecule has 4 nitrogen and oxygen atoms in total. The number of benzene rings is 2. The molecule has 0 bridgehead atoms. The third-order valence-corrected chi connectivity index (χ3v) is 3.50. The Hall–Kier alpha value is -2.20. The van der Waals surface area contributed by atoms with Crippen molar-refractivity contribution in [2.45, 2.75) is 13.0 Å².